The minimum absolute atomic E-state index is 0.175. The summed E-state index contributed by atoms with van der Waals surface area (Å²) in [5, 5.41) is 3.78. The molecule has 1 fully saturated rings. The van der Waals surface area contributed by atoms with E-state index < -0.39 is 5.82 Å². The Balaban J connectivity index is 1.39. The van der Waals surface area contributed by atoms with Crippen molar-refractivity contribution in [2.24, 2.45) is 0 Å². The molecule has 1 aliphatic heterocycles. The Kier molecular flexibility index (Phi) is 5.52. The molecule has 1 aromatic heterocycles. The second kappa shape index (κ2) is 8.04. The lowest BCUT2D eigenvalue weighted by molar-refractivity contribution is -0.116. The third kappa shape index (κ3) is 4.20. The van der Waals surface area contributed by atoms with E-state index in [2.05, 4.69) is 32.2 Å². The van der Waals surface area contributed by atoms with Gasteiger partial charge in [0.25, 0.3) is 0 Å². The van der Waals surface area contributed by atoms with Crippen molar-refractivity contribution in [2.75, 3.05) is 18.4 Å². The van der Waals surface area contributed by atoms with Gasteiger partial charge in [-0.1, -0.05) is 28.1 Å². The average Bonchev–Trinajstić information content (AvgIpc) is 3.28. The number of para-hydroxylation sites is 1. The van der Waals surface area contributed by atoms with Gasteiger partial charge in [0.15, 0.2) is 0 Å². The second-order valence-corrected chi connectivity index (χ2v) is 8.61. The van der Waals surface area contributed by atoms with E-state index in [-0.39, 0.29) is 17.6 Å². The predicted octanol–water partition coefficient (Wildman–Crippen LogP) is 5.36. The number of hydrogen-bond acceptors (Lipinski definition) is 4. The summed E-state index contributed by atoms with van der Waals surface area (Å²) in [6.45, 7) is 1.60. The van der Waals surface area contributed by atoms with Gasteiger partial charge in [-0.3, -0.25) is 9.69 Å². The Bertz CT molecular complexity index is 944. The first-order valence-corrected chi connectivity index (χ1v) is 10.6. The van der Waals surface area contributed by atoms with Gasteiger partial charge in [0.05, 0.1) is 21.9 Å². The molecule has 4 rings (SSSR count). The largest absolute Gasteiger partial charge is 0.324 e. The Hall–Kier alpha value is -1.83. The van der Waals surface area contributed by atoms with Gasteiger partial charge < -0.3 is 5.32 Å². The van der Waals surface area contributed by atoms with Crippen LogP contribution in [-0.4, -0.2) is 28.9 Å². The van der Waals surface area contributed by atoms with E-state index in [1.807, 2.05) is 18.2 Å². The van der Waals surface area contributed by atoms with Crippen LogP contribution in [0.3, 0.4) is 0 Å². The lowest BCUT2D eigenvalue weighted by Gasteiger charge is -2.22. The van der Waals surface area contributed by atoms with Crippen molar-refractivity contribution < 1.29 is 9.18 Å². The number of rotatable bonds is 5. The lowest BCUT2D eigenvalue weighted by atomic mass is 10.2. The Morgan fingerprint density at radius 2 is 2.19 bits per heavy atom. The summed E-state index contributed by atoms with van der Waals surface area (Å²) in [5.41, 5.74) is 1.25. The van der Waals surface area contributed by atoms with Gasteiger partial charge in [-0.15, -0.1) is 11.3 Å². The highest BCUT2D eigenvalue weighted by molar-refractivity contribution is 9.10. The van der Waals surface area contributed by atoms with Crippen LogP contribution in [0.2, 0.25) is 0 Å². The van der Waals surface area contributed by atoms with E-state index in [1.165, 1.54) is 10.8 Å². The lowest BCUT2D eigenvalue weighted by Crippen LogP contribution is -2.27. The van der Waals surface area contributed by atoms with E-state index in [1.54, 1.807) is 23.5 Å². The summed E-state index contributed by atoms with van der Waals surface area (Å²) in [7, 11) is 0. The molecule has 1 saturated heterocycles. The van der Waals surface area contributed by atoms with Gasteiger partial charge >= 0.3 is 0 Å². The maximum absolute atomic E-state index is 13.9. The van der Waals surface area contributed by atoms with E-state index in [9.17, 15) is 9.18 Å². The number of aromatic nitrogens is 1. The fourth-order valence-corrected chi connectivity index (χ4v) is 4.92. The number of fused-ring (bicyclic) bond motifs is 1. The molecule has 1 amide bonds. The van der Waals surface area contributed by atoms with Gasteiger partial charge in [0.2, 0.25) is 5.91 Å². The molecule has 2 heterocycles. The molecular formula is C20H19BrFN3OS. The highest BCUT2D eigenvalue weighted by Crippen LogP contribution is 2.36. The molecule has 0 aliphatic carbocycles. The monoisotopic (exact) mass is 447 g/mol. The van der Waals surface area contributed by atoms with Crippen molar-refractivity contribution in [2.45, 2.75) is 25.3 Å². The summed E-state index contributed by atoms with van der Waals surface area (Å²) in [6.07, 6.45) is 2.49. The number of nitrogens with zero attached hydrogens (tertiary/aromatic N) is 2. The minimum Gasteiger partial charge on any atom is -0.324 e. The molecule has 4 nitrogen and oxygen atoms in total. The van der Waals surface area contributed by atoms with Crippen LogP contribution < -0.4 is 5.32 Å². The number of likely N-dealkylation sites (tertiary alicyclic amines) is 1. The number of nitrogens with one attached hydrogen (secondary N) is 1. The average molecular weight is 448 g/mol. The van der Waals surface area contributed by atoms with Crippen molar-refractivity contribution >= 4 is 49.1 Å². The number of thiazole rings is 1. The Labute approximate surface area is 169 Å². The third-order valence-corrected chi connectivity index (χ3v) is 6.42. The smallest absolute Gasteiger partial charge is 0.225 e. The number of carbonyl (C=O) groups is 1. The highest BCUT2D eigenvalue weighted by atomic mass is 79.9. The standard InChI is InChI=1S/C20H19BrFN3OS/c21-13-7-8-15(14(22)12-13)23-19(26)9-11-25-10-3-5-17(25)20-24-16-4-1-2-6-18(16)27-20/h1-2,4,6-8,12,17H,3,5,9-11H2,(H,23,26). The number of amides is 1. The fourth-order valence-electron chi connectivity index (χ4n) is 3.45. The molecule has 1 unspecified atom stereocenters. The van der Waals surface area contributed by atoms with Crippen LogP contribution in [0.25, 0.3) is 10.2 Å². The van der Waals surface area contributed by atoms with Crippen LogP contribution in [0, 0.1) is 5.82 Å². The molecule has 3 aromatic rings. The van der Waals surface area contributed by atoms with E-state index >= 15 is 0 Å². The zero-order valence-electron chi connectivity index (χ0n) is 14.6. The van der Waals surface area contributed by atoms with Crippen molar-refractivity contribution in [3.05, 3.63) is 57.8 Å². The number of halogens is 2. The van der Waals surface area contributed by atoms with Crippen molar-refractivity contribution in [1.29, 1.82) is 0 Å². The summed E-state index contributed by atoms with van der Waals surface area (Å²) < 4.78 is 15.7. The van der Waals surface area contributed by atoms with Crippen LogP contribution in [0.1, 0.15) is 30.3 Å². The van der Waals surface area contributed by atoms with Crippen molar-refractivity contribution in [3.63, 3.8) is 0 Å². The molecule has 1 N–H and O–H groups in total. The molecule has 0 radical (unpaired) electrons. The summed E-state index contributed by atoms with van der Waals surface area (Å²) in [4.78, 5) is 19.4. The molecular weight excluding hydrogens is 429 g/mol. The van der Waals surface area contributed by atoms with Crippen LogP contribution in [0.4, 0.5) is 10.1 Å². The zero-order chi connectivity index (χ0) is 18.8. The Morgan fingerprint density at radius 3 is 3.00 bits per heavy atom. The van der Waals surface area contributed by atoms with Gasteiger partial charge in [-0.2, -0.15) is 0 Å². The fraction of sp³-hybridized carbons (Fsp3) is 0.300. The molecule has 1 atom stereocenters. The normalized spacial score (nSPS) is 17.5. The topological polar surface area (TPSA) is 45.2 Å². The predicted molar refractivity (Wildman–Crippen MR) is 111 cm³/mol. The van der Waals surface area contributed by atoms with Crippen molar-refractivity contribution in [3.8, 4) is 0 Å². The SMILES string of the molecule is O=C(CCN1CCCC1c1nc2ccccc2s1)Nc1ccc(Br)cc1F. The van der Waals surface area contributed by atoms with E-state index in [0.29, 0.717) is 17.4 Å². The number of hydrogen-bond donors (Lipinski definition) is 1. The van der Waals surface area contributed by atoms with Crippen LogP contribution in [0.15, 0.2) is 46.9 Å². The third-order valence-electron chi connectivity index (χ3n) is 4.79. The van der Waals surface area contributed by atoms with Crippen LogP contribution in [-0.2, 0) is 4.79 Å². The van der Waals surface area contributed by atoms with Crippen LogP contribution in [0.5, 0.6) is 0 Å². The van der Waals surface area contributed by atoms with Gasteiger partial charge in [-0.05, 0) is 49.7 Å². The molecule has 1 aliphatic rings. The zero-order valence-corrected chi connectivity index (χ0v) is 17.0. The first-order chi connectivity index (χ1) is 13.1. The second-order valence-electron chi connectivity index (χ2n) is 6.64. The first-order valence-electron chi connectivity index (χ1n) is 8.94. The highest BCUT2D eigenvalue weighted by Gasteiger charge is 2.28. The van der Waals surface area contributed by atoms with Gasteiger partial charge in [-0.25, -0.2) is 9.37 Å². The molecule has 2 aromatic carbocycles. The number of benzene rings is 2. The maximum atomic E-state index is 13.9. The molecule has 140 valence electrons. The van der Waals surface area contributed by atoms with Crippen LogP contribution >= 0.6 is 27.3 Å². The molecule has 0 bridgehead atoms. The van der Waals surface area contributed by atoms with Gasteiger partial charge in [0, 0.05) is 17.4 Å². The molecule has 7 heteroatoms. The summed E-state index contributed by atoms with van der Waals surface area (Å²) >= 11 is 4.95. The van der Waals surface area contributed by atoms with Gasteiger partial charge in [0.1, 0.15) is 10.8 Å². The van der Waals surface area contributed by atoms with Crippen molar-refractivity contribution in [1.82, 2.24) is 9.88 Å². The number of anilines is 1. The molecule has 27 heavy (non-hydrogen) atoms. The summed E-state index contributed by atoms with van der Waals surface area (Å²) in [5.74, 6) is -0.613. The quantitative estimate of drug-likeness (QED) is 0.572. The van der Waals surface area contributed by atoms with E-state index in [4.69, 9.17) is 4.98 Å². The molecule has 0 spiro atoms. The minimum atomic E-state index is -0.439. The summed E-state index contributed by atoms with van der Waals surface area (Å²) in [6, 6.07) is 13.1. The molecule has 0 saturated carbocycles. The van der Waals surface area contributed by atoms with E-state index in [0.717, 1.165) is 29.9 Å². The first kappa shape index (κ1) is 18.5. The Morgan fingerprint density at radius 1 is 1.33 bits per heavy atom. The number of carbonyl (C=O) groups excluding carboxylic acids is 1. The maximum Gasteiger partial charge on any atom is 0.225 e.